The highest BCUT2D eigenvalue weighted by molar-refractivity contribution is 6.43. The molecule has 1 N–H and O–H groups in total. The number of hydrogen-bond acceptors (Lipinski definition) is 4. The van der Waals surface area contributed by atoms with Crippen molar-refractivity contribution in [2.75, 3.05) is 38.0 Å². The number of nitrogens with one attached hydrogen (secondary N) is 1. The summed E-state index contributed by atoms with van der Waals surface area (Å²) in [7, 11) is 0. The van der Waals surface area contributed by atoms with Gasteiger partial charge in [-0.25, -0.2) is 0 Å². The van der Waals surface area contributed by atoms with E-state index in [-0.39, 0.29) is 18.4 Å². The van der Waals surface area contributed by atoms with Crippen LogP contribution >= 0.6 is 23.2 Å². The Morgan fingerprint density at radius 2 is 1.76 bits per heavy atom. The number of carbonyl (C=O) groups excluding carboxylic acids is 2. The van der Waals surface area contributed by atoms with Crippen LogP contribution in [0.4, 0.5) is 5.69 Å². The number of piperazine rings is 1. The van der Waals surface area contributed by atoms with Crippen molar-refractivity contribution in [3.8, 4) is 0 Å². The number of benzene rings is 1. The van der Waals surface area contributed by atoms with Crippen LogP contribution in [0.1, 0.15) is 10.6 Å². The summed E-state index contributed by atoms with van der Waals surface area (Å²) in [5.74, 6) is 0.110. The Labute approximate surface area is 155 Å². The second-order valence-corrected chi connectivity index (χ2v) is 6.39. The van der Waals surface area contributed by atoms with Crippen molar-refractivity contribution < 1.29 is 14.0 Å². The quantitative estimate of drug-likeness (QED) is 0.883. The molecule has 1 aliphatic rings. The molecular weight excluding hydrogens is 365 g/mol. The van der Waals surface area contributed by atoms with E-state index in [4.69, 9.17) is 27.6 Å². The summed E-state index contributed by atoms with van der Waals surface area (Å²) in [6.07, 6.45) is 1.47. The highest BCUT2D eigenvalue weighted by Gasteiger charge is 2.25. The molecule has 8 heteroatoms. The van der Waals surface area contributed by atoms with Crippen molar-refractivity contribution in [2.45, 2.75) is 0 Å². The van der Waals surface area contributed by atoms with Crippen molar-refractivity contribution >= 4 is 40.7 Å². The number of nitrogens with zero attached hydrogens (tertiary/aromatic N) is 2. The zero-order chi connectivity index (χ0) is 17.8. The summed E-state index contributed by atoms with van der Waals surface area (Å²) in [5.41, 5.74) is 0.620. The molecule has 0 aliphatic carbocycles. The fourth-order valence-corrected chi connectivity index (χ4v) is 3.01. The summed E-state index contributed by atoms with van der Waals surface area (Å²) in [6, 6.07) is 8.53. The Bertz CT molecular complexity index is 757. The second-order valence-electron chi connectivity index (χ2n) is 5.61. The molecule has 0 spiro atoms. The van der Waals surface area contributed by atoms with Gasteiger partial charge in [-0.1, -0.05) is 29.3 Å². The summed E-state index contributed by atoms with van der Waals surface area (Å²) in [4.78, 5) is 27.9. The van der Waals surface area contributed by atoms with Gasteiger partial charge < -0.3 is 19.5 Å². The fourth-order valence-electron chi connectivity index (χ4n) is 2.64. The molecule has 1 fully saturated rings. The van der Waals surface area contributed by atoms with E-state index in [1.807, 2.05) is 0 Å². The number of amides is 2. The SMILES string of the molecule is O=C(CNc1cccc(Cl)c1Cl)N1CCN(C(=O)c2ccco2)CC1. The lowest BCUT2D eigenvalue weighted by Crippen LogP contribution is -2.51. The van der Waals surface area contributed by atoms with Crippen LogP contribution < -0.4 is 5.32 Å². The number of hydrogen-bond donors (Lipinski definition) is 1. The van der Waals surface area contributed by atoms with Crippen LogP contribution in [0.15, 0.2) is 41.0 Å². The summed E-state index contributed by atoms with van der Waals surface area (Å²) >= 11 is 12.0. The van der Waals surface area contributed by atoms with E-state index in [1.54, 1.807) is 40.1 Å². The van der Waals surface area contributed by atoms with Crippen molar-refractivity contribution in [2.24, 2.45) is 0 Å². The third-order valence-corrected chi connectivity index (χ3v) is 4.85. The molecule has 0 unspecified atom stereocenters. The smallest absolute Gasteiger partial charge is 0.289 e. The molecule has 0 atom stereocenters. The summed E-state index contributed by atoms with van der Waals surface area (Å²) in [6.45, 7) is 2.03. The minimum atomic E-state index is -0.152. The molecule has 6 nitrogen and oxygen atoms in total. The predicted molar refractivity (Wildman–Crippen MR) is 96.1 cm³/mol. The topological polar surface area (TPSA) is 65.8 Å². The maximum Gasteiger partial charge on any atom is 0.289 e. The summed E-state index contributed by atoms with van der Waals surface area (Å²) < 4.78 is 5.13. The van der Waals surface area contributed by atoms with Gasteiger partial charge in [0.2, 0.25) is 5.91 Å². The molecule has 0 bridgehead atoms. The average Bonchev–Trinajstić information content (AvgIpc) is 3.17. The van der Waals surface area contributed by atoms with Crippen LogP contribution in [-0.4, -0.2) is 54.3 Å². The molecule has 2 heterocycles. The Morgan fingerprint density at radius 1 is 1.04 bits per heavy atom. The van der Waals surface area contributed by atoms with E-state index in [9.17, 15) is 9.59 Å². The van der Waals surface area contributed by atoms with E-state index in [0.717, 1.165) is 0 Å². The van der Waals surface area contributed by atoms with Crippen molar-refractivity contribution in [1.82, 2.24) is 9.80 Å². The normalized spacial score (nSPS) is 14.5. The van der Waals surface area contributed by atoms with Crippen LogP contribution in [0.25, 0.3) is 0 Å². The summed E-state index contributed by atoms with van der Waals surface area (Å²) in [5, 5.41) is 3.83. The zero-order valence-corrected chi connectivity index (χ0v) is 14.9. The first kappa shape index (κ1) is 17.6. The Balaban J connectivity index is 1.50. The molecule has 0 saturated carbocycles. The molecular formula is C17H17Cl2N3O3. The Kier molecular flexibility index (Phi) is 5.50. The van der Waals surface area contributed by atoms with Gasteiger partial charge in [0.25, 0.3) is 5.91 Å². The van der Waals surface area contributed by atoms with E-state index in [2.05, 4.69) is 5.32 Å². The Hall–Kier alpha value is -2.18. The number of carbonyl (C=O) groups is 2. The first-order valence-electron chi connectivity index (χ1n) is 7.84. The van der Waals surface area contributed by atoms with Gasteiger partial charge in [-0.15, -0.1) is 0 Å². The van der Waals surface area contributed by atoms with Crippen molar-refractivity contribution in [3.05, 3.63) is 52.4 Å². The van der Waals surface area contributed by atoms with Gasteiger partial charge in [0, 0.05) is 26.2 Å². The molecule has 2 aromatic rings. The third kappa shape index (κ3) is 4.08. The van der Waals surface area contributed by atoms with Crippen LogP contribution in [0.2, 0.25) is 10.0 Å². The first-order chi connectivity index (χ1) is 12.1. The predicted octanol–water partition coefficient (Wildman–Crippen LogP) is 2.98. The van der Waals surface area contributed by atoms with Crippen LogP contribution in [-0.2, 0) is 4.79 Å². The maximum absolute atomic E-state index is 12.3. The molecule has 1 aliphatic heterocycles. The Morgan fingerprint density at radius 3 is 2.44 bits per heavy atom. The lowest BCUT2D eigenvalue weighted by molar-refractivity contribution is -0.130. The molecule has 132 valence electrons. The zero-order valence-electron chi connectivity index (χ0n) is 13.4. The number of furan rings is 1. The van der Waals surface area contributed by atoms with Crippen LogP contribution in [0.5, 0.6) is 0 Å². The van der Waals surface area contributed by atoms with E-state index < -0.39 is 0 Å². The van der Waals surface area contributed by atoms with Crippen molar-refractivity contribution in [3.63, 3.8) is 0 Å². The highest BCUT2D eigenvalue weighted by Crippen LogP contribution is 2.29. The minimum Gasteiger partial charge on any atom is -0.459 e. The molecule has 2 amide bonds. The van der Waals surface area contributed by atoms with Gasteiger partial charge >= 0.3 is 0 Å². The minimum absolute atomic E-state index is 0.0545. The molecule has 3 rings (SSSR count). The fraction of sp³-hybridized carbons (Fsp3) is 0.294. The molecule has 1 aromatic heterocycles. The van der Waals surface area contributed by atoms with Crippen molar-refractivity contribution in [1.29, 1.82) is 0 Å². The lowest BCUT2D eigenvalue weighted by Gasteiger charge is -2.34. The van der Waals surface area contributed by atoms with Gasteiger partial charge in [0.1, 0.15) is 0 Å². The van der Waals surface area contributed by atoms with Gasteiger partial charge in [0.15, 0.2) is 5.76 Å². The maximum atomic E-state index is 12.3. The van der Waals surface area contributed by atoms with Crippen LogP contribution in [0.3, 0.4) is 0 Å². The standard InChI is InChI=1S/C17H17Cl2N3O3/c18-12-3-1-4-13(16(12)19)20-11-15(23)21-6-8-22(9-7-21)17(24)14-5-2-10-25-14/h1-5,10,20H,6-9,11H2. The number of anilines is 1. The van der Waals surface area contributed by atoms with Gasteiger partial charge in [-0.2, -0.15) is 0 Å². The largest absolute Gasteiger partial charge is 0.459 e. The molecule has 25 heavy (non-hydrogen) atoms. The lowest BCUT2D eigenvalue weighted by atomic mass is 10.2. The average molecular weight is 382 g/mol. The van der Waals surface area contributed by atoms with E-state index in [0.29, 0.717) is 47.7 Å². The second kappa shape index (κ2) is 7.80. The van der Waals surface area contributed by atoms with Crippen LogP contribution in [0, 0.1) is 0 Å². The molecule has 0 radical (unpaired) electrons. The van der Waals surface area contributed by atoms with E-state index >= 15 is 0 Å². The highest BCUT2D eigenvalue weighted by atomic mass is 35.5. The first-order valence-corrected chi connectivity index (χ1v) is 8.60. The van der Waals surface area contributed by atoms with Gasteiger partial charge in [0.05, 0.1) is 28.5 Å². The monoisotopic (exact) mass is 381 g/mol. The number of halogens is 2. The van der Waals surface area contributed by atoms with Gasteiger partial charge in [-0.3, -0.25) is 9.59 Å². The van der Waals surface area contributed by atoms with Gasteiger partial charge in [-0.05, 0) is 24.3 Å². The molecule has 1 saturated heterocycles. The number of rotatable bonds is 4. The van der Waals surface area contributed by atoms with E-state index in [1.165, 1.54) is 6.26 Å². The third-order valence-electron chi connectivity index (χ3n) is 4.03. The molecule has 1 aromatic carbocycles.